The Morgan fingerprint density at radius 2 is 2.25 bits per heavy atom. The van der Waals surface area contributed by atoms with Crippen LogP contribution in [0.5, 0.6) is 0 Å². The number of aromatic nitrogens is 2. The number of sulfonamides is 1. The van der Waals surface area contributed by atoms with Gasteiger partial charge in [0.05, 0.1) is 6.20 Å². The predicted molar refractivity (Wildman–Crippen MR) is 65.9 cm³/mol. The molecule has 2 N–H and O–H groups in total. The second-order valence-corrected chi connectivity index (χ2v) is 6.35. The Bertz CT molecular complexity index is 402. The zero-order chi connectivity index (χ0) is 12.2. The molecular formula is C9H16BrN3O2S. The SMILES string of the molecule is CC(C)CC(CBr)NS(=O)(=O)c1ccn[nH]1. The van der Waals surface area contributed by atoms with E-state index in [9.17, 15) is 8.42 Å². The lowest BCUT2D eigenvalue weighted by Crippen LogP contribution is -2.37. The first kappa shape index (κ1) is 13.7. The average Bonchev–Trinajstić information content (AvgIpc) is 2.68. The van der Waals surface area contributed by atoms with Crippen molar-refractivity contribution in [2.24, 2.45) is 5.92 Å². The lowest BCUT2D eigenvalue weighted by molar-refractivity contribution is 0.487. The smallest absolute Gasteiger partial charge is 0.257 e. The van der Waals surface area contributed by atoms with Crippen LogP contribution in [0.4, 0.5) is 0 Å². The summed E-state index contributed by atoms with van der Waals surface area (Å²) in [6.45, 7) is 4.11. The molecule has 0 saturated carbocycles. The molecule has 0 aliphatic heterocycles. The van der Waals surface area contributed by atoms with Gasteiger partial charge in [0.2, 0.25) is 0 Å². The number of nitrogens with zero attached hydrogens (tertiary/aromatic N) is 1. The molecule has 92 valence electrons. The Hall–Kier alpha value is -0.400. The van der Waals surface area contributed by atoms with Crippen LogP contribution in [-0.2, 0) is 10.0 Å². The van der Waals surface area contributed by atoms with Crippen molar-refractivity contribution in [3.8, 4) is 0 Å². The fourth-order valence-electron chi connectivity index (χ4n) is 1.39. The van der Waals surface area contributed by atoms with Crippen molar-refractivity contribution in [3.63, 3.8) is 0 Å². The van der Waals surface area contributed by atoms with Crippen LogP contribution in [0.25, 0.3) is 0 Å². The zero-order valence-corrected chi connectivity index (χ0v) is 11.7. The van der Waals surface area contributed by atoms with E-state index < -0.39 is 10.0 Å². The second-order valence-electron chi connectivity index (χ2n) is 4.02. The molecule has 5 nitrogen and oxygen atoms in total. The monoisotopic (exact) mass is 309 g/mol. The van der Waals surface area contributed by atoms with E-state index in [1.165, 1.54) is 12.3 Å². The van der Waals surface area contributed by atoms with Gasteiger partial charge in [0.1, 0.15) is 0 Å². The number of H-pyrrole nitrogens is 1. The highest BCUT2D eigenvalue weighted by atomic mass is 79.9. The van der Waals surface area contributed by atoms with Gasteiger partial charge in [-0.1, -0.05) is 29.8 Å². The normalized spacial score (nSPS) is 14.2. The summed E-state index contributed by atoms with van der Waals surface area (Å²) in [4.78, 5) is 0. The van der Waals surface area contributed by atoms with Gasteiger partial charge in [-0.25, -0.2) is 13.1 Å². The Labute approximate surface area is 104 Å². The lowest BCUT2D eigenvalue weighted by atomic mass is 10.1. The van der Waals surface area contributed by atoms with E-state index >= 15 is 0 Å². The molecule has 0 amide bonds. The first-order valence-corrected chi connectivity index (χ1v) is 7.64. The molecule has 0 bridgehead atoms. The summed E-state index contributed by atoms with van der Waals surface area (Å²) < 4.78 is 26.3. The Morgan fingerprint density at radius 1 is 1.56 bits per heavy atom. The minimum atomic E-state index is -3.47. The summed E-state index contributed by atoms with van der Waals surface area (Å²) in [5.41, 5.74) is 0. The molecule has 0 aliphatic rings. The predicted octanol–water partition coefficient (Wildman–Crippen LogP) is 1.50. The van der Waals surface area contributed by atoms with E-state index in [0.29, 0.717) is 11.2 Å². The summed E-state index contributed by atoms with van der Waals surface area (Å²) in [6.07, 6.45) is 2.21. The van der Waals surface area contributed by atoms with Gasteiger partial charge in [-0.3, -0.25) is 5.10 Å². The number of rotatable bonds is 6. The van der Waals surface area contributed by atoms with E-state index in [1.54, 1.807) is 0 Å². The van der Waals surface area contributed by atoms with E-state index in [4.69, 9.17) is 0 Å². The van der Waals surface area contributed by atoms with Gasteiger partial charge in [0, 0.05) is 11.4 Å². The van der Waals surface area contributed by atoms with Crippen LogP contribution in [0.2, 0.25) is 0 Å². The van der Waals surface area contributed by atoms with Crippen molar-refractivity contribution in [3.05, 3.63) is 12.3 Å². The van der Waals surface area contributed by atoms with Gasteiger partial charge in [0.25, 0.3) is 10.0 Å². The van der Waals surface area contributed by atoms with Gasteiger partial charge >= 0.3 is 0 Å². The molecule has 1 heterocycles. The molecule has 1 aromatic heterocycles. The van der Waals surface area contributed by atoms with E-state index in [1.807, 2.05) is 0 Å². The van der Waals surface area contributed by atoms with Crippen LogP contribution in [0, 0.1) is 5.92 Å². The number of nitrogens with one attached hydrogen (secondary N) is 2. The Morgan fingerprint density at radius 3 is 2.69 bits per heavy atom. The van der Waals surface area contributed by atoms with Crippen molar-refractivity contribution in [1.82, 2.24) is 14.9 Å². The molecule has 0 radical (unpaired) electrons. The molecule has 7 heteroatoms. The number of aromatic amines is 1. The summed E-state index contributed by atoms with van der Waals surface area (Å²) in [5.74, 6) is 0.437. The third-order valence-corrected chi connectivity index (χ3v) is 4.26. The number of hydrogen-bond acceptors (Lipinski definition) is 3. The average molecular weight is 310 g/mol. The highest BCUT2D eigenvalue weighted by Crippen LogP contribution is 2.11. The topological polar surface area (TPSA) is 74.8 Å². The summed E-state index contributed by atoms with van der Waals surface area (Å²) in [5, 5.41) is 6.77. The van der Waals surface area contributed by atoms with Gasteiger partial charge in [-0.15, -0.1) is 0 Å². The van der Waals surface area contributed by atoms with Crippen LogP contribution >= 0.6 is 15.9 Å². The maximum Gasteiger partial charge on any atom is 0.257 e. The molecule has 1 unspecified atom stereocenters. The molecule has 0 saturated heterocycles. The van der Waals surface area contributed by atoms with E-state index in [0.717, 1.165) is 6.42 Å². The number of alkyl halides is 1. The molecule has 1 rings (SSSR count). The van der Waals surface area contributed by atoms with Crippen molar-refractivity contribution in [2.45, 2.75) is 31.3 Å². The fourth-order valence-corrected chi connectivity index (χ4v) is 3.19. The molecule has 0 spiro atoms. The maximum absolute atomic E-state index is 11.8. The van der Waals surface area contributed by atoms with Gasteiger partial charge < -0.3 is 0 Å². The number of halogens is 1. The highest BCUT2D eigenvalue weighted by molar-refractivity contribution is 9.09. The van der Waals surface area contributed by atoms with Crippen LogP contribution < -0.4 is 4.72 Å². The molecule has 16 heavy (non-hydrogen) atoms. The van der Waals surface area contributed by atoms with E-state index in [2.05, 4.69) is 44.7 Å². The van der Waals surface area contributed by atoms with Gasteiger partial charge in [-0.05, 0) is 18.4 Å². The Kier molecular flexibility index (Phi) is 4.94. The first-order valence-electron chi connectivity index (χ1n) is 5.03. The van der Waals surface area contributed by atoms with Gasteiger partial charge in [-0.2, -0.15) is 5.10 Å². The minimum absolute atomic E-state index is 0.0993. The minimum Gasteiger partial charge on any atom is -0.266 e. The molecule has 0 aliphatic carbocycles. The van der Waals surface area contributed by atoms with E-state index in [-0.39, 0.29) is 11.1 Å². The summed E-state index contributed by atoms with van der Waals surface area (Å²) >= 11 is 3.31. The van der Waals surface area contributed by atoms with Crippen LogP contribution in [-0.4, -0.2) is 30.0 Å². The highest BCUT2D eigenvalue weighted by Gasteiger charge is 2.20. The molecule has 0 aromatic carbocycles. The third-order valence-electron chi connectivity index (χ3n) is 2.03. The van der Waals surface area contributed by atoms with Crippen molar-refractivity contribution >= 4 is 26.0 Å². The lowest BCUT2D eigenvalue weighted by Gasteiger charge is -2.17. The zero-order valence-electron chi connectivity index (χ0n) is 9.27. The van der Waals surface area contributed by atoms with Gasteiger partial charge in [0.15, 0.2) is 5.03 Å². The van der Waals surface area contributed by atoms with Crippen LogP contribution in [0.3, 0.4) is 0 Å². The van der Waals surface area contributed by atoms with Crippen LogP contribution in [0.1, 0.15) is 20.3 Å². The molecule has 0 fully saturated rings. The maximum atomic E-state index is 11.8. The quantitative estimate of drug-likeness (QED) is 0.782. The molecule has 1 aromatic rings. The molecular weight excluding hydrogens is 294 g/mol. The molecule has 1 atom stereocenters. The Balaban J connectivity index is 2.71. The fraction of sp³-hybridized carbons (Fsp3) is 0.667. The van der Waals surface area contributed by atoms with Crippen molar-refractivity contribution < 1.29 is 8.42 Å². The van der Waals surface area contributed by atoms with Crippen molar-refractivity contribution in [1.29, 1.82) is 0 Å². The largest absolute Gasteiger partial charge is 0.266 e. The summed E-state index contributed by atoms with van der Waals surface area (Å²) in [7, 11) is -3.47. The summed E-state index contributed by atoms with van der Waals surface area (Å²) in [6, 6.07) is 1.33. The first-order chi connectivity index (χ1) is 7.45. The van der Waals surface area contributed by atoms with Crippen molar-refractivity contribution in [2.75, 3.05) is 5.33 Å². The second kappa shape index (κ2) is 5.79. The van der Waals surface area contributed by atoms with Crippen LogP contribution in [0.15, 0.2) is 17.3 Å². The standard InChI is InChI=1S/C9H16BrN3O2S/c1-7(2)5-8(6-10)13-16(14,15)9-3-4-11-12-9/h3-4,7-8,13H,5-6H2,1-2H3,(H,11,12). The third kappa shape index (κ3) is 3.88. The number of hydrogen-bond donors (Lipinski definition) is 2.